The maximum atomic E-state index is 11.9. The number of amides is 1. The summed E-state index contributed by atoms with van der Waals surface area (Å²) >= 11 is 3.52. The summed E-state index contributed by atoms with van der Waals surface area (Å²) in [5, 5.41) is 9.69. The molecule has 2 N–H and O–H groups in total. The van der Waals surface area contributed by atoms with Crippen LogP contribution >= 0.6 is 15.9 Å². The number of nitrogens with one attached hydrogen (secondary N) is 2. The molecule has 5 nitrogen and oxygen atoms in total. The molecule has 1 amide bonds. The molecular formula is C19H16BrN3O2. The van der Waals surface area contributed by atoms with E-state index in [4.69, 9.17) is 4.74 Å². The molecule has 0 spiro atoms. The Balaban J connectivity index is 1.50. The molecule has 1 aliphatic heterocycles. The number of hydrogen-bond donors (Lipinski definition) is 2. The van der Waals surface area contributed by atoms with Gasteiger partial charge < -0.3 is 10.1 Å². The number of nitrogens with zero attached hydrogens (tertiary/aromatic N) is 1. The predicted molar refractivity (Wildman–Crippen MR) is 98.6 cm³/mol. The number of H-pyrrole nitrogens is 1. The molecule has 0 aliphatic carbocycles. The lowest BCUT2D eigenvalue weighted by Gasteiger charge is -2.22. The Labute approximate surface area is 153 Å². The van der Waals surface area contributed by atoms with Crippen LogP contribution in [0.4, 0.5) is 5.82 Å². The minimum Gasteiger partial charge on any atom is -0.489 e. The van der Waals surface area contributed by atoms with Crippen molar-refractivity contribution < 1.29 is 9.53 Å². The van der Waals surface area contributed by atoms with Gasteiger partial charge in [0.25, 0.3) is 0 Å². The summed E-state index contributed by atoms with van der Waals surface area (Å²) in [6, 6.07) is 15.9. The zero-order valence-electron chi connectivity index (χ0n) is 13.3. The fraction of sp³-hybridized carbons (Fsp3) is 0.158. The Morgan fingerprint density at radius 1 is 1.16 bits per heavy atom. The number of aromatic nitrogens is 2. The number of benzene rings is 2. The van der Waals surface area contributed by atoms with Crippen molar-refractivity contribution in [2.75, 3.05) is 5.32 Å². The van der Waals surface area contributed by atoms with Crippen LogP contribution in [0.3, 0.4) is 0 Å². The first kappa shape index (κ1) is 15.9. The van der Waals surface area contributed by atoms with Crippen LogP contribution in [0.15, 0.2) is 59.2 Å². The molecule has 0 saturated heterocycles. The molecule has 4 rings (SSSR count). The van der Waals surface area contributed by atoms with Crippen LogP contribution in [0.1, 0.15) is 29.0 Å². The van der Waals surface area contributed by atoms with E-state index in [0.717, 1.165) is 26.9 Å². The second-order valence-electron chi connectivity index (χ2n) is 5.94. The third-order valence-corrected chi connectivity index (χ3v) is 5.10. The van der Waals surface area contributed by atoms with Crippen molar-refractivity contribution in [2.24, 2.45) is 0 Å². The van der Waals surface area contributed by atoms with Crippen molar-refractivity contribution in [3.05, 3.63) is 75.9 Å². The molecule has 1 aliphatic rings. The molecule has 25 heavy (non-hydrogen) atoms. The third-order valence-electron chi connectivity index (χ3n) is 4.33. The zero-order chi connectivity index (χ0) is 17.2. The SMILES string of the molecule is O=C1CC(c2ccc(OCc3ccccc3Br)cc2)c2c[nH]nc2N1. The average Bonchev–Trinajstić information content (AvgIpc) is 3.09. The number of carbonyl (C=O) groups is 1. The van der Waals surface area contributed by atoms with Crippen LogP contribution in [0, 0.1) is 0 Å². The minimum atomic E-state index is -0.0149. The first-order valence-corrected chi connectivity index (χ1v) is 8.79. The molecule has 1 aromatic heterocycles. The number of halogens is 1. The number of aromatic amines is 1. The van der Waals surface area contributed by atoms with Gasteiger partial charge in [-0.05, 0) is 23.8 Å². The predicted octanol–water partition coefficient (Wildman–Crippen LogP) is 4.23. The fourth-order valence-corrected chi connectivity index (χ4v) is 3.41. The van der Waals surface area contributed by atoms with Crippen molar-refractivity contribution in [3.8, 4) is 5.75 Å². The Hall–Kier alpha value is -2.60. The van der Waals surface area contributed by atoms with Crippen LogP contribution in [0.2, 0.25) is 0 Å². The summed E-state index contributed by atoms with van der Waals surface area (Å²) in [4.78, 5) is 11.9. The minimum absolute atomic E-state index is 0.0137. The highest BCUT2D eigenvalue weighted by molar-refractivity contribution is 9.10. The smallest absolute Gasteiger partial charge is 0.226 e. The van der Waals surface area contributed by atoms with E-state index in [1.807, 2.05) is 54.7 Å². The Kier molecular flexibility index (Phi) is 4.28. The van der Waals surface area contributed by atoms with E-state index < -0.39 is 0 Å². The fourth-order valence-electron chi connectivity index (χ4n) is 3.01. The normalized spacial score (nSPS) is 16.2. The highest BCUT2D eigenvalue weighted by Crippen LogP contribution is 2.36. The second kappa shape index (κ2) is 6.72. The van der Waals surface area contributed by atoms with Crippen LogP contribution < -0.4 is 10.1 Å². The number of fused-ring (bicyclic) bond motifs is 1. The number of carbonyl (C=O) groups excluding carboxylic acids is 1. The summed E-state index contributed by atoms with van der Waals surface area (Å²) in [7, 11) is 0. The van der Waals surface area contributed by atoms with Crippen LogP contribution in [-0.2, 0) is 11.4 Å². The molecule has 0 radical (unpaired) electrons. The summed E-state index contributed by atoms with van der Waals surface area (Å²) in [6.07, 6.45) is 2.26. The number of rotatable bonds is 4. The summed E-state index contributed by atoms with van der Waals surface area (Å²) in [5.41, 5.74) is 3.19. The van der Waals surface area contributed by atoms with E-state index in [0.29, 0.717) is 18.8 Å². The lowest BCUT2D eigenvalue weighted by Crippen LogP contribution is -2.22. The van der Waals surface area contributed by atoms with E-state index in [2.05, 4.69) is 31.4 Å². The zero-order valence-corrected chi connectivity index (χ0v) is 14.9. The molecule has 3 aromatic rings. The molecule has 2 aromatic carbocycles. The molecular weight excluding hydrogens is 382 g/mol. The highest BCUT2D eigenvalue weighted by Gasteiger charge is 2.28. The monoisotopic (exact) mass is 397 g/mol. The first-order chi connectivity index (χ1) is 12.2. The topological polar surface area (TPSA) is 67.0 Å². The van der Waals surface area contributed by atoms with E-state index in [1.54, 1.807) is 0 Å². The van der Waals surface area contributed by atoms with Gasteiger partial charge in [-0.3, -0.25) is 9.89 Å². The second-order valence-corrected chi connectivity index (χ2v) is 6.80. The maximum absolute atomic E-state index is 11.9. The Morgan fingerprint density at radius 3 is 2.76 bits per heavy atom. The van der Waals surface area contributed by atoms with Gasteiger partial charge in [-0.2, -0.15) is 5.10 Å². The molecule has 1 atom stereocenters. The van der Waals surface area contributed by atoms with Gasteiger partial charge in [0.05, 0.1) is 0 Å². The van der Waals surface area contributed by atoms with Crippen molar-refractivity contribution in [1.29, 1.82) is 0 Å². The summed E-state index contributed by atoms with van der Waals surface area (Å²) in [5.74, 6) is 1.42. The van der Waals surface area contributed by atoms with E-state index in [1.165, 1.54) is 0 Å². The number of anilines is 1. The van der Waals surface area contributed by atoms with E-state index >= 15 is 0 Å². The van der Waals surface area contributed by atoms with Gasteiger partial charge in [-0.15, -0.1) is 0 Å². The third kappa shape index (κ3) is 3.30. The van der Waals surface area contributed by atoms with Crippen molar-refractivity contribution in [3.63, 3.8) is 0 Å². The van der Waals surface area contributed by atoms with Crippen LogP contribution in [-0.4, -0.2) is 16.1 Å². The van der Waals surface area contributed by atoms with Crippen LogP contribution in [0.25, 0.3) is 0 Å². The Morgan fingerprint density at radius 2 is 1.96 bits per heavy atom. The van der Waals surface area contributed by atoms with Gasteiger partial charge in [0, 0.05) is 34.1 Å². The highest BCUT2D eigenvalue weighted by atomic mass is 79.9. The van der Waals surface area contributed by atoms with Gasteiger partial charge in [0.15, 0.2) is 5.82 Å². The Bertz CT molecular complexity index is 905. The number of hydrogen-bond acceptors (Lipinski definition) is 3. The van der Waals surface area contributed by atoms with Gasteiger partial charge in [-0.1, -0.05) is 46.3 Å². The van der Waals surface area contributed by atoms with Gasteiger partial charge >= 0.3 is 0 Å². The van der Waals surface area contributed by atoms with Gasteiger partial charge in [-0.25, -0.2) is 0 Å². The number of ether oxygens (including phenoxy) is 1. The molecule has 6 heteroatoms. The molecule has 1 unspecified atom stereocenters. The largest absolute Gasteiger partial charge is 0.489 e. The van der Waals surface area contributed by atoms with E-state index in [-0.39, 0.29) is 11.8 Å². The summed E-state index contributed by atoms with van der Waals surface area (Å²) < 4.78 is 6.90. The lowest BCUT2D eigenvalue weighted by atomic mass is 9.87. The molecule has 0 bridgehead atoms. The molecule has 2 heterocycles. The molecule has 0 saturated carbocycles. The summed E-state index contributed by atoms with van der Waals surface area (Å²) in [6.45, 7) is 0.498. The lowest BCUT2D eigenvalue weighted by molar-refractivity contribution is -0.116. The van der Waals surface area contributed by atoms with Gasteiger partial charge in [0.2, 0.25) is 5.91 Å². The maximum Gasteiger partial charge on any atom is 0.226 e. The standard InChI is InChI=1S/C19H16BrN3O2/c20-17-4-2-1-3-13(17)11-25-14-7-5-12(6-8-14)15-9-18(24)22-19-16(15)10-21-23-19/h1-8,10,15H,9,11H2,(H2,21,22,23,24). The average molecular weight is 398 g/mol. The van der Waals surface area contributed by atoms with Gasteiger partial charge in [0.1, 0.15) is 12.4 Å². The van der Waals surface area contributed by atoms with Crippen molar-refractivity contribution in [2.45, 2.75) is 18.9 Å². The van der Waals surface area contributed by atoms with Crippen LogP contribution in [0.5, 0.6) is 5.75 Å². The quantitative estimate of drug-likeness (QED) is 0.692. The van der Waals surface area contributed by atoms with Crippen molar-refractivity contribution >= 4 is 27.7 Å². The first-order valence-electron chi connectivity index (χ1n) is 8.00. The molecule has 126 valence electrons. The molecule has 0 fully saturated rings. The van der Waals surface area contributed by atoms with E-state index in [9.17, 15) is 4.79 Å². The van der Waals surface area contributed by atoms with Crippen molar-refractivity contribution in [1.82, 2.24) is 10.2 Å².